The van der Waals surface area contributed by atoms with Crippen molar-refractivity contribution in [2.45, 2.75) is 57.2 Å². The summed E-state index contributed by atoms with van der Waals surface area (Å²) in [4.78, 5) is 0. The molecule has 2 aliphatic rings. The molecular weight excluding hydrogens is 222 g/mol. The molecule has 2 rings (SSSR count). The monoisotopic (exact) mass is 245 g/mol. The SMILES string of the molecule is CC1(C)CCCC1NCC1CCCS1(=O)=O. The summed E-state index contributed by atoms with van der Waals surface area (Å²) in [6.45, 7) is 5.22. The van der Waals surface area contributed by atoms with Crippen LogP contribution in [0.25, 0.3) is 0 Å². The van der Waals surface area contributed by atoms with Crippen LogP contribution in [-0.2, 0) is 9.84 Å². The van der Waals surface area contributed by atoms with Gasteiger partial charge in [-0.1, -0.05) is 20.3 Å². The van der Waals surface area contributed by atoms with Crippen molar-refractivity contribution >= 4 is 9.84 Å². The lowest BCUT2D eigenvalue weighted by atomic mass is 9.87. The average Bonchev–Trinajstić information content (AvgIpc) is 2.66. The molecule has 0 spiro atoms. The Hall–Kier alpha value is -0.0900. The summed E-state index contributed by atoms with van der Waals surface area (Å²) >= 11 is 0. The number of rotatable bonds is 3. The van der Waals surface area contributed by atoms with Crippen LogP contribution in [0.4, 0.5) is 0 Å². The summed E-state index contributed by atoms with van der Waals surface area (Å²) in [6.07, 6.45) is 5.41. The maximum atomic E-state index is 11.7. The Bertz CT molecular complexity index is 348. The second-order valence-corrected chi connectivity index (χ2v) is 8.37. The number of hydrogen-bond donors (Lipinski definition) is 1. The molecule has 0 amide bonds. The van der Waals surface area contributed by atoms with E-state index in [1.165, 1.54) is 19.3 Å². The van der Waals surface area contributed by atoms with Crippen LogP contribution in [0.2, 0.25) is 0 Å². The number of hydrogen-bond acceptors (Lipinski definition) is 3. The van der Waals surface area contributed by atoms with Crippen LogP contribution in [0.3, 0.4) is 0 Å². The Morgan fingerprint density at radius 1 is 1.25 bits per heavy atom. The Morgan fingerprint density at radius 3 is 2.50 bits per heavy atom. The van der Waals surface area contributed by atoms with Gasteiger partial charge in [-0.3, -0.25) is 0 Å². The highest BCUT2D eigenvalue weighted by Crippen LogP contribution is 2.37. The minimum absolute atomic E-state index is 0.121. The molecule has 1 N–H and O–H groups in total. The first kappa shape index (κ1) is 12.4. The Morgan fingerprint density at radius 2 is 2.00 bits per heavy atom. The maximum absolute atomic E-state index is 11.7. The van der Waals surface area contributed by atoms with Crippen LogP contribution in [0, 0.1) is 5.41 Å². The van der Waals surface area contributed by atoms with Crippen LogP contribution < -0.4 is 5.32 Å². The van der Waals surface area contributed by atoms with E-state index >= 15 is 0 Å². The van der Waals surface area contributed by atoms with Crippen LogP contribution in [0.15, 0.2) is 0 Å². The van der Waals surface area contributed by atoms with Gasteiger partial charge in [-0.25, -0.2) is 8.42 Å². The van der Waals surface area contributed by atoms with Crippen molar-refractivity contribution < 1.29 is 8.42 Å². The van der Waals surface area contributed by atoms with Crippen molar-refractivity contribution in [1.82, 2.24) is 5.32 Å². The van der Waals surface area contributed by atoms with E-state index in [2.05, 4.69) is 19.2 Å². The average molecular weight is 245 g/mol. The standard InChI is InChI=1S/C12H23NO2S/c1-12(2)7-3-6-11(12)13-9-10-5-4-8-16(10,14)15/h10-11,13H,3-9H2,1-2H3. The molecule has 0 aromatic carbocycles. The second kappa shape index (κ2) is 4.30. The second-order valence-electron chi connectivity index (χ2n) is 5.97. The number of nitrogens with one attached hydrogen (secondary N) is 1. The Labute approximate surface area is 98.9 Å². The predicted molar refractivity (Wildman–Crippen MR) is 66.2 cm³/mol. The molecule has 2 fully saturated rings. The smallest absolute Gasteiger partial charge is 0.154 e. The van der Waals surface area contributed by atoms with Crippen molar-refractivity contribution in [2.24, 2.45) is 5.41 Å². The highest BCUT2D eigenvalue weighted by atomic mass is 32.2. The van der Waals surface area contributed by atoms with E-state index in [1.807, 2.05) is 0 Å². The van der Waals surface area contributed by atoms with Gasteiger partial charge in [0.05, 0.1) is 11.0 Å². The van der Waals surface area contributed by atoms with E-state index in [9.17, 15) is 8.42 Å². The first-order valence-electron chi connectivity index (χ1n) is 6.37. The zero-order valence-corrected chi connectivity index (χ0v) is 11.1. The fourth-order valence-electron chi connectivity index (χ4n) is 3.07. The fraction of sp³-hybridized carbons (Fsp3) is 1.00. The van der Waals surface area contributed by atoms with Crippen LogP contribution >= 0.6 is 0 Å². The largest absolute Gasteiger partial charge is 0.312 e. The normalized spacial score (nSPS) is 36.6. The lowest BCUT2D eigenvalue weighted by molar-refractivity contribution is 0.283. The number of sulfone groups is 1. The van der Waals surface area contributed by atoms with E-state index < -0.39 is 9.84 Å². The molecule has 1 aliphatic heterocycles. The quantitative estimate of drug-likeness (QED) is 0.823. The molecule has 2 unspecified atom stereocenters. The summed E-state index contributed by atoms with van der Waals surface area (Å²) < 4.78 is 23.4. The van der Waals surface area contributed by atoms with E-state index in [4.69, 9.17) is 0 Å². The van der Waals surface area contributed by atoms with Gasteiger partial charge in [-0.15, -0.1) is 0 Å². The molecule has 4 heteroatoms. The summed E-state index contributed by atoms with van der Waals surface area (Å²) in [5.41, 5.74) is 0.336. The first-order valence-corrected chi connectivity index (χ1v) is 8.08. The molecule has 16 heavy (non-hydrogen) atoms. The van der Waals surface area contributed by atoms with Crippen molar-refractivity contribution in [3.05, 3.63) is 0 Å². The zero-order chi connectivity index (χ0) is 11.8. The van der Waals surface area contributed by atoms with Crippen molar-refractivity contribution in [3.63, 3.8) is 0 Å². The topological polar surface area (TPSA) is 46.2 Å². The lowest BCUT2D eigenvalue weighted by Gasteiger charge is -2.28. The zero-order valence-electron chi connectivity index (χ0n) is 10.3. The van der Waals surface area contributed by atoms with Gasteiger partial charge in [-0.05, 0) is 31.1 Å². The van der Waals surface area contributed by atoms with Gasteiger partial charge in [0.25, 0.3) is 0 Å². The highest BCUT2D eigenvalue weighted by Gasteiger charge is 2.36. The van der Waals surface area contributed by atoms with Crippen molar-refractivity contribution in [3.8, 4) is 0 Å². The molecule has 0 aromatic heterocycles. The van der Waals surface area contributed by atoms with E-state index in [0.717, 1.165) is 12.8 Å². The molecular formula is C12H23NO2S. The van der Waals surface area contributed by atoms with Crippen molar-refractivity contribution in [1.29, 1.82) is 0 Å². The highest BCUT2D eigenvalue weighted by molar-refractivity contribution is 7.92. The van der Waals surface area contributed by atoms with Gasteiger partial charge < -0.3 is 5.32 Å². The molecule has 1 heterocycles. The molecule has 1 saturated carbocycles. The molecule has 0 bridgehead atoms. The maximum Gasteiger partial charge on any atom is 0.154 e. The lowest BCUT2D eigenvalue weighted by Crippen LogP contribution is -2.42. The third kappa shape index (κ3) is 2.43. The molecule has 94 valence electrons. The van der Waals surface area contributed by atoms with Gasteiger partial charge in [0.15, 0.2) is 9.84 Å². The summed E-state index contributed by atoms with van der Waals surface area (Å²) in [6, 6.07) is 0.503. The minimum atomic E-state index is -2.78. The van der Waals surface area contributed by atoms with Crippen LogP contribution in [0.1, 0.15) is 46.0 Å². The Balaban J connectivity index is 1.88. The van der Waals surface area contributed by atoms with E-state index in [-0.39, 0.29) is 5.25 Å². The predicted octanol–water partition coefficient (Wildman–Crippen LogP) is 1.73. The summed E-state index contributed by atoms with van der Waals surface area (Å²) in [5.74, 6) is 0.396. The van der Waals surface area contributed by atoms with Crippen LogP contribution in [0.5, 0.6) is 0 Å². The first-order chi connectivity index (χ1) is 7.42. The molecule has 1 saturated heterocycles. The van der Waals surface area contributed by atoms with Gasteiger partial charge in [0.1, 0.15) is 0 Å². The molecule has 1 aliphatic carbocycles. The van der Waals surface area contributed by atoms with Gasteiger partial charge in [0.2, 0.25) is 0 Å². The molecule has 2 atom stereocenters. The van der Waals surface area contributed by atoms with Crippen molar-refractivity contribution in [2.75, 3.05) is 12.3 Å². The summed E-state index contributed by atoms with van der Waals surface area (Å²) in [7, 11) is -2.78. The third-order valence-corrected chi connectivity index (χ3v) is 6.59. The fourth-order valence-corrected chi connectivity index (χ4v) is 4.84. The molecule has 0 aromatic rings. The minimum Gasteiger partial charge on any atom is -0.312 e. The molecule has 0 radical (unpaired) electrons. The summed E-state index contributed by atoms with van der Waals surface area (Å²) in [5, 5.41) is 3.37. The van der Waals surface area contributed by atoms with Gasteiger partial charge >= 0.3 is 0 Å². The van der Waals surface area contributed by atoms with Gasteiger partial charge in [-0.2, -0.15) is 0 Å². The van der Waals surface area contributed by atoms with Crippen LogP contribution in [-0.4, -0.2) is 32.0 Å². The van der Waals surface area contributed by atoms with E-state index in [0.29, 0.717) is 23.8 Å². The molecule has 3 nitrogen and oxygen atoms in total. The Kier molecular flexibility index (Phi) is 3.32. The van der Waals surface area contributed by atoms with E-state index in [1.54, 1.807) is 0 Å². The van der Waals surface area contributed by atoms with Gasteiger partial charge in [0, 0.05) is 12.6 Å². The third-order valence-electron chi connectivity index (χ3n) is 4.31.